The first-order chi connectivity index (χ1) is 21.7. The number of nitrogens with zero attached hydrogens (tertiary/aromatic N) is 2. The van der Waals surface area contributed by atoms with Crippen LogP contribution in [0.2, 0.25) is 0 Å². The van der Waals surface area contributed by atoms with Gasteiger partial charge in [0, 0.05) is 30.5 Å². The molecule has 0 unspecified atom stereocenters. The van der Waals surface area contributed by atoms with Gasteiger partial charge >= 0.3 is 6.18 Å². The molecular weight excluding hydrogens is 637 g/mol. The van der Waals surface area contributed by atoms with E-state index in [1.807, 2.05) is 65.7 Å². The highest BCUT2D eigenvalue weighted by Crippen LogP contribution is 2.29. The van der Waals surface area contributed by atoms with Crippen LogP contribution in [0.15, 0.2) is 126 Å². The molecule has 1 fully saturated rings. The van der Waals surface area contributed by atoms with Crippen molar-refractivity contribution in [3.8, 4) is 0 Å². The second kappa shape index (κ2) is 15.4. The predicted molar refractivity (Wildman–Crippen MR) is 177 cm³/mol. The van der Waals surface area contributed by atoms with Crippen LogP contribution in [0.3, 0.4) is 0 Å². The second-order valence-corrected chi connectivity index (χ2v) is 12.7. The highest BCUT2D eigenvalue weighted by Gasteiger charge is 2.32. The molecule has 1 amide bonds. The summed E-state index contributed by atoms with van der Waals surface area (Å²) >= 11 is 3.51. The quantitative estimate of drug-likeness (QED) is 0.158. The molecular formula is C38H38BrF3N2O. The van der Waals surface area contributed by atoms with Gasteiger partial charge in [-0.3, -0.25) is 4.79 Å². The molecule has 0 spiro atoms. The lowest BCUT2D eigenvalue weighted by molar-refractivity contribution is -0.138. The maximum atomic E-state index is 14.4. The molecule has 1 heterocycles. The minimum absolute atomic E-state index is 0.105. The molecule has 1 atom stereocenters. The average molecular weight is 676 g/mol. The summed E-state index contributed by atoms with van der Waals surface area (Å²) in [4.78, 5) is 18.5. The molecule has 0 N–H and O–H groups in total. The molecule has 0 radical (unpaired) electrons. The van der Waals surface area contributed by atoms with E-state index in [1.165, 1.54) is 17.7 Å². The van der Waals surface area contributed by atoms with Gasteiger partial charge in [0.1, 0.15) is 6.04 Å². The van der Waals surface area contributed by atoms with E-state index < -0.39 is 17.8 Å². The number of allylic oxidation sites excluding steroid dienone is 1. The van der Waals surface area contributed by atoms with Crippen molar-refractivity contribution in [3.05, 3.63) is 154 Å². The minimum Gasteiger partial charge on any atom is -0.361 e. The number of likely N-dealkylation sites (tertiary alicyclic amines) is 1. The molecule has 0 saturated carbocycles. The molecule has 0 bridgehead atoms. The van der Waals surface area contributed by atoms with Crippen LogP contribution in [-0.4, -0.2) is 34.8 Å². The van der Waals surface area contributed by atoms with Crippen LogP contribution in [0.5, 0.6) is 0 Å². The maximum Gasteiger partial charge on any atom is 0.416 e. The van der Waals surface area contributed by atoms with Gasteiger partial charge in [-0.2, -0.15) is 13.2 Å². The monoisotopic (exact) mass is 674 g/mol. The fraction of sp³-hybridized carbons (Fsp3) is 0.289. The van der Waals surface area contributed by atoms with E-state index in [2.05, 4.69) is 57.2 Å². The fourth-order valence-electron chi connectivity index (χ4n) is 5.92. The summed E-state index contributed by atoms with van der Waals surface area (Å²) in [6, 6.07) is 33.5. The van der Waals surface area contributed by atoms with Crippen molar-refractivity contribution >= 4 is 21.8 Å². The Morgan fingerprint density at radius 1 is 0.800 bits per heavy atom. The highest BCUT2D eigenvalue weighted by atomic mass is 79.9. The number of hydrogen-bond acceptors (Lipinski definition) is 2. The van der Waals surface area contributed by atoms with Crippen LogP contribution in [0.25, 0.3) is 0 Å². The van der Waals surface area contributed by atoms with Crippen molar-refractivity contribution < 1.29 is 18.0 Å². The predicted octanol–water partition coefficient (Wildman–Crippen LogP) is 9.12. The van der Waals surface area contributed by atoms with Gasteiger partial charge in [-0.15, -0.1) is 0 Å². The summed E-state index contributed by atoms with van der Waals surface area (Å²) in [6.07, 6.45) is 3.49. The first-order valence-corrected chi connectivity index (χ1v) is 16.2. The molecule has 234 valence electrons. The van der Waals surface area contributed by atoms with Crippen molar-refractivity contribution in [2.75, 3.05) is 13.1 Å². The van der Waals surface area contributed by atoms with Crippen molar-refractivity contribution in [2.45, 2.75) is 50.9 Å². The van der Waals surface area contributed by atoms with Crippen LogP contribution < -0.4 is 0 Å². The normalized spacial score (nSPS) is 14.9. The van der Waals surface area contributed by atoms with E-state index >= 15 is 0 Å². The lowest BCUT2D eigenvalue weighted by Crippen LogP contribution is -2.50. The van der Waals surface area contributed by atoms with Gasteiger partial charge in [0.15, 0.2) is 0 Å². The van der Waals surface area contributed by atoms with Crippen LogP contribution in [0, 0.1) is 5.92 Å². The number of carbonyl (C=O) groups is 1. The molecule has 4 aromatic rings. The molecule has 1 saturated heterocycles. The molecule has 4 aromatic carbocycles. The van der Waals surface area contributed by atoms with Gasteiger partial charge in [-0.1, -0.05) is 107 Å². The van der Waals surface area contributed by atoms with E-state index in [9.17, 15) is 18.0 Å². The van der Waals surface area contributed by atoms with Crippen LogP contribution in [0.1, 0.15) is 40.7 Å². The van der Waals surface area contributed by atoms with E-state index in [4.69, 9.17) is 0 Å². The molecule has 1 aliphatic heterocycles. The number of alkyl halides is 3. The van der Waals surface area contributed by atoms with Gasteiger partial charge in [-0.25, -0.2) is 0 Å². The lowest BCUT2D eigenvalue weighted by Gasteiger charge is -2.38. The molecule has 5 rings (SSSR count). The Labute approximate surface area is 272 Å². The van der Waals surface area contributed by atoms with Gasteiger partial charge in [-0.05, 0) is 84.3 Å². The standard InChI is InChI=1S/C38H38BrF3N2O/c39-35-19-15-33(16-20-35)28-44(23-7-12-29-13-17-34(18-14-29)38(40,41)42)36(27-31-10-5-2-6-11-31)37(45)43-24-21-32(22-25-43)26-30-8-3-1-4-9-30/h1-11,13-20,23,32,36H,12,21-22,24-28H2/t36-/m0/s1. The molecule has 45 heavy (non-hydrogen) atoms. The Balaban J connectivity index is 1.36. The average Bonchev–Trinajstić information content (AvgIpc) is 3.05. The van der Waals surface area contributed by atoms with E-state index in [0.29, 0.717) is 25.3 Å². The highest BCUT2D eigenvalue weighted by molar-refractivity contribution is 9.10. The smallest absolute Gasteiger partial charge is 0.361 e. The molecule has 1 aliphatic rings. The number of carbonyl (C=O) groups excluding carboxylic acids is 1. The third-order valence-corrected chi connectivity index (χ3v) is 8.99. The van der Waals surface area contributed by atoms with E-state index in [1.54, 1.807) is 0 Å². The van der Waals surface area contributed by atoms with Crippen molar-refractivity contribution in [3.63, 3.8) is 0 Å². The third-order valence-electron chi connectivity index (χ3n) is 8.46. The summed E-state index contributed by atoms with van der Waals surface area (Å²) in [5.74, 6) is 0.653. The Kier molecular flexibility index (Phi) is 11.2. The zero-order chi connectivity index (χ0) is 31.6. The summed E-state index contributed by atoms with van der Waals surface area (Å²) in [5.41, 5.74) is 3.59. The number of benzene rings is 4. The van der Waals surface area contributed by atoms with Crippen LogP contribution in [0.4, 0.5) is 13.2 Å². The summed E-state index contributed by atoms with van der Waals surface area (Å²) < 4.78 is 40.2. The Bertz CT molecular complexity index is 1520. The van der Waals surface area contributed by atoms with Gasteiger partial charge in [0.05, 0.1) is 5.56 Å². The molecule has 7 heteroatoms. The first kappa shape index (κ1) is 32.6. The SMILES string of the molecule is O=C([C@H](Cc1ccccc1)N(C=CCc1ccc(C(F)(F)F)cc1)Cc1ccc(Br)cc1)N1CCC(Cc2ccccc2)CC1. The fourth-order valence-corrected chi connectivity index (χ4v) is 6.19. The molecule has 0 aliphatic carbocycles. The number of halogens is 4. The third kappa shape index (κ3) is 9.57. The molecule has 0 aromatic heterocycles. The maximum absolute atomic E-state index is 14.4. The topological polar surface area (TPSA) is 23.6 Å². The number of piperidine rings is 1. The summed E-state index contributed by atoms with van der Waals surface area (Å²) in [6.45, 7) is 1.97. The largest absolute Gasteiger partial charge is 0.416 e. The lowest BCUT2D eigenvalue weighted by atomic mass is 9.89. The Morgan fingerprint density at radius 2 is 1.38 bits per heavy atom. The second-order valence-electron chi connectivity index (χ2n) is 11.7. The summed E-state index contributed by atoms with van der Waals surface area (Å²) in [7, 11) is 0. The zero-order valence-corrected chi connectivity index (χ0v) is 26.8. The van der Waals surface area contributed by atoms with Crippen molar-refractivity contribution in [1.29, 1.82) is 0 Å². The number of amides is 1. The van der Waals surface area contributed by atoms with Crippen LogP contribution in [-0.2, 0) is 36.8 Å². The van der Waals surface area contributed by atoms with Crippen molar-refractivity contribution in [2.24, 2.45) is 5.92 Å². The minimum atomic E-state index is -4.36. The first-order valence-electron chi connectivity index (χ1n) is 15.4. The summed E-state index contributed by atoms with van der Waals surface area (Å²) in [5, 5.41) is 0. The van der Waals surface area contributed by atoms with Gasteiger partial charge in [0.25, 0.3) is 0 Å². The van der Waals surface area contributed by atoms with Crippen LogP contribution >= 0.6 is 15.9 Å². The van der Waals surface area contributed by atoms with Gasteiger partial charge < -0.3 is 9.80 Å². The van der Waals surface area contributed by atoms with Gasteiger partial charge in [0.2, 0.25) is 5.91 Å². The van der Waals surface area contributed by atoms with E-state index in [0.717, 1.165) is 65.6 Å². The molecule has 3 nitrogen and oxygen atoms in total. The number of rotatable bonds is 11. The Hall–Kier alpha value is -3.84. The van der Waals surface area contributed by atoms with E-state index in [-0.39, 0.29) is 5.91 Å². The number of hydrogen-bond donors (Lipinski definition) is 0. The zero-order valence-electron chi connectivity index (χ0n) is 25.2. The Morgan fingerprint density at radius 3 is 1.98 bits per heavy atom. The van der Waals surface area contributed by atoms with Crippen molar-refractivity contribution in [1.82, 2.24) is 9.80 Å².